The van der Waals surface area contributed by atoms with E-state index in [1.54, 1.807) is 58.0 Å². The molecule has 1 atom stereocenters. The molecule has 0 fully saturated rings. The van der Waals surface area contributed by atoms with Crippen molar-refractivity contribution in [2.24, 2.45) is 0 Å². The molecule has 0 N–H and O–H groups in total. The van der Waals surface area contributed by atoms with Crippen LogP contribution >= 0.6 is 34.8 Å². The Labute approximate surface area is 218 Å². The highest BCUT2D eigenvalue weighted by molar-refractivity contribution is 6.42. The maximum absolute atomic E-state index is 13.8. The van der Waals surface area contributed by atoms with Gasteiger partial charge in [-0.05, 0) is 68.3 Å². The Morgan fingerprint density at radius 2 is 1.74 bits per heavy atom. The monoisotopic (exact) mass is 527 g/mol. The summed E-state index contributed by atoms with van der Waals surface area (Å²) in [7, 11) is 0. The van der Waals surface area contributed by atoms with E-state index in [1.165, 1.54) is 0 Å². The molecule has 0 saturated carbocycles. The van der Waals surface area contributed by atoms with Crippen molar-refractivity contribution < 1.29 is 4.79 Å². The maximum atomic E-state index is 13.8. The number of rotatable bonds is 6. The van der Waals surface area contributed by atoms with Crippen LogP contribution in [0.5, 0.6) is 0 Å². The van der Waals surface area contributed by atoms with Gasteiger partial charge in [0, 0.05) is 17.1 Å². The van der Waals surface area contributed by atoms with Gasteiger partial charge < -0.3 is 4.90 Å². The molecule has 1 heterocycles. The summed E-state index contributed by atoms with van der Waals surface area (Å²) < 4.78 is 1.57. The molecular weight excluding hydrogens is 505 g/mol. The van der Waals surface area contributed by atoms with Crippen molar-refractivity contribution in [3.05, 3.63) is 103 Å². The lowest BCUT2D eigenvalue weighted by atomic mass is 10.1. The first-order chi connectivity index (χ1) is 16.7. The number of fused-ring (bicyclic) bond motifs is 1. The molecule has 0 aliphatic heterocycles. The van der Waals surface area contributed by atoms with Crippen LogP contribution in [0.2, 0.25) is 15.1 Å². The maximum Gasteiger partial charge on any atom is 0.266 e. The van der Waals surface area contributed by atoms with Crippen LogP contribution in [0.4, 0.5) is 0 Å². The van der Waals surface area contributed by atoms with E-state index in [9.17, 15) is 9.59 Å². The third-order valence-electron chi connectivity index (χ3n) is 6.01. The van der Waals surface area contributed by atoms with Gasteiger partial charge in [-0.25, -0.2) is 4.98 Å². The Kier molecular flexibility index (Phi) is 7.50. The Bertz CT molecular complexity index is 1480. The predicted octanol–water partition coefficient (Wildman–Crippen LogP) is 7.27. The minimum absolute atomic E-state index is 0.221. The second-order valence-electron chi connectivity index (χ2n) is 8.32. The second kappa shape index (κ2) is 10.4. The van der Waals surface area contributed by atoms with Crippen molar-refractivity contribution >= 4 is 51.6 Å². The molecule has 0 spiro atoms. The Hall–Kier alpha value is -2.86. The zero-order valence-corrected chi connectivity index (χ0v) is 21.8. The first kappa shape index (κ1) is 25.2. The number of benzene rings is 3. The van der Waals surface area contributed by atoms with Crippen molar-refractivity contribution in [3.63, 3.8) is 0 Å². The number of para-hydroxylation sites is 1. The SMILES string of the molecule is CCCN(C(=O)c1ccc(Cl)c(Cl)c1)C(C)c1nc2ccccc2c(=O)n1-c1cccc(Cl)c1C. The van der Waals surface area contributed by atoms with Crippen molar-refractivity contribution in [2.75, 3.05) is 6.54 Å². The molecule has 3 aromatic carbocycles. The molecule has 0 saturated heterocycles. The quantitative estimate of drug-likeness (QED) is 0.264. The lowest BCUT2D eigenvalue weighted by Gasteiger charge is -2.31. The number of carbonyl (C=O) groups excluding carboxylic acids is 1. The molecule has 1 aromatic heterocycles. The molecule has 0 bridgehead atoms. The number of carbonyl (C=O) groups is 1. The van der Waals surface area contributed by atoms with Crippen LogP contribution < -0.4 is 5.56 Å². The van der Waals surface area contributed by atoms with Gasteiger partial charge in [0.05, 0.1) is 32.7 Å². The van der Waals surface area contributed by atoms with Crippen LogP contribution in [0.1, 0.15) is 48.1 Å². The van der Waals surface area contributed by atoms with Crippen LogP contribution in [0.25, 0.3) is 16.6 Å². The average Bonchev–Trinajstić information content (AvgIpc) is 2.85. The summed E-state index contributed by atoms with van der Waals surface area (Å²) in [6.45, 7) is 6.18. The van der Waals surface area contributed by atoms with E-state index in [1.807, 2.05) is 32.9 Å². The minimum atomic E-state index is -0.535. The lowest BCUT2D eigenvalue weighted by Crippen LogP contribution is -2.38. The molecule has 35 heavy (non-hydrogen) atoms. The summed E-state index contributed by atoms with van der Waals surface area (Å²) in [4.78, 5) is 34.0. The van der Waals surface area contributed by atoms with Crippen LogP contribution in [-0.2, 0) is 0 Å². The topological polar surface area (TPSA) is 55.2 Å². The first-order valence-electron chi connectivity index (χ1n) is 11.3. The zero-order valence-electron chi connectivity index (χ0n) is 19.6. The van der Waals surface area contributed by atoms with Crippen molar-refractivity contribution in [2.45, 2.75) is 33.2 Å². The number of nitrogens with zero attached hydrogens (tertiary/aromatic N) is 3. The van der Waals surface area contributed by atoms with Gasteiger partial charge in [-0.1, -0.05) is 59.9 Å². The van der Waals surface area contributed by atoms with Gasteiger partial charge in [-0.15, -0.1) is 0 Å². The highest BCUT2D eigenvalue weighted by Crippen LogP contribution is 2.29. The van der Waals surface area contributed by atoms with Gasteiger partial charge in [0.25, 0.3) is 11.5 Å². The number of aromatic nitrogens is 2. The number of halogens is 3. The van der Waals surface area contributed by atoms with Crippen molar-refractivity contribution in [1.82, 2.24) is 14.5 Å². The highest BCUT2D eigenvalue weighted by atomic mass is 35.5. The van der Waals surface area contributed by atoms with E-state index in [4.69, 9.17) is 39.8 Å². The molecule has 0 aliphatic carbocycles. The smallest absolute Gasteiger partial charge is 0.266 e. The molecule has 1 amide bonds. The Balaban J connectivity index is 1.94. The fourth-order valence-corrected chi connectivity index (χ4v) is 4.62. The van der Waals surface area contributed by atoms with Crippen molar-refractivity contribution in [1.29, 1.82) is 0 Å². The van der Waals surface area contributed by atoms with Crippen LogP contribution in [-0.4, -0.2) is 26.9 Å². The summed E-state index contributed by atoms with van der Waals surface area (Å²) in [5.41, 5.74) is 2.13. The van der Waals surface area contributed by atoms with Gasteiger partial charge in [-0.2, -0.15) is 0 Å². The second-order valence-corrected chi connectivity index (χ2v) is 9.54. The molecule has 0 radical (unpaired) electrons. The molecule has 8 heteroatoms. The van der Waals surface area contributed by atoms with E-state index in [-0.39, 0.29) is 11.5 Å². The van der Waals surface area contributed by atoms with Gasteiger partial charge >= 0.3 is 0 Å². The number of amides is 1. The fourth-order valence-electron chi connectivity index (χ4n) is 4.15. The molecular formula is C27H24Cl3N3O2. The first-order valence-corrected chi connectivity index (χ1v) is 12.4. The largest absolute Gasteiger partial charge is 0.329 e. The Morgan fingerprint density at radius 1 is 1.00 bits per heavy atom. The average molecular weight is 529 g/mol. The molecule has 0 aliphatic rings. The summed E-state index contributed by atoms with van der Waals surface area (Å²) in [6.07, 6.45) is 0.714. The summed E-state index contributed by atoms with van der Waals surface area (Å²) in [6, 6.07) is 16.9. The van der Waals surface area contributed by atoms with E-state index >= 15 is 0 Å². The molecule has 4 rings (SSSR count). The fraction of sp³-hybridized carbons (Fsp3) is 0.222. The summed E-state index contributed by atoms with van der Waals surface area (Å²) >= 11 is 18.7. The Morgan fingerprint density at radius 3 is 2.46 bits per heavy atom. The van der Waals surface area contributed by atoms with Crippen LogP contribution in [0.15, 0.2) is 65.5 Å². The molecule has 1 unspecified atom stereocenters. The predicted molar refractivity (Wildman–Crippen MR) is 143 cm³/mol. The lowest BCUT2D eigenvalue weighted by molar-refractivity contribution is 0.0681. The summed E-state index contributed by atoms with van der Waals surface area (Å²) in [5.74, 6) is 0.218. The van der Waals surface area contributed by atoms with E-state index < -0.39 is 6.04 Å². The van der Waals surface area contributed by atoms with Gasteiger partial charge in [0.2, 0.25) is 0 Å². The molecule has 180 valence electrons. The highest BCUT2D eigenvalue weighted by Gasteiger charge is 2.28. The van der Waals surface area contributed by atoms with E-state index in [0.717, 1.165) is 5.56 Å². The van der Waals surface area contributed by atoms with E-state index in [0.29, 0.717) is 56.0 Å². The minimum Gasteiger partial charge on any atom is -0.329 e. The van der Waals surface area contributed by atoms with Gasteiger partial charge in [0.15, 0.2) is 0 Å². The normalized spacial score (nSPS) is 12.1. The van der Waals surface area contributed by atoms with E-state index in [2.05, 4.69) is 0 Å². The third kappa shape index (κ3) is 4.81. The van der Waals surface area contributed by atoms with Crippen LogP contribution in [0, 0.1) is 6.92 Å². The number of hydrogen-bond acceptors (Lipinski definition) is 3. The molecule has 5 nitrogen and oxygen atoms in total. The standard InChI is InChI=1S/C27H24Cl3N3O2/c1-4-14-32(26(34)18-12-13-21(29)22(30)15-18)17(3)25-31-23-10-6-5-8-19(23)27(35)33(25)24-11-7-9-20(28)16(24)2/h5-13,15,17H,4,14H2,1-3H3. The summed E-state index contributed by atoms with van der Waals surface area (Å²) in [5, 5.41) is 1.70. The van der Waals surface area contributed by atoms with Crippen molar-refractivity contribution in [3.8, 4) is 5.69 Å². The third-order valence-corrected chi connectivity index (χ3v) is 7.16. The van der Waals surface area contributed by atoms with Gasteiger partial charge in [0.1, 0.15) is 5.82 Å². The number of hydrogen-bond donors (Lipinski definition) is 0. The van der Waals surface area contributed by atoms with Crippen LogP contribution in [0.3, 0.4) is 0 Å². The zero-order chi connectivity index (χ0) is 25.3. The van der Waals surface area contributed by atoms with Gasteiger partial charge in [-0.3, -0.25) is 14.2 Å². The molecule has 4 aromatic rings.